The van der Waals surface area contributed by atoms with Crippen LogP contribution in [0.1, 0.15) is 35.7 Å². The van der Waals surface area contributed by atoms with Gasteiger partial charge < -0.3 is 19.9 Å². The Morgan fingerprint density at radius 2 is 1.97 bits per heavy atom. The van der Waals surface area contributed by atoms with E-state index < -0.39 is 0 Å². The average molecular weight is 441 g/mol. The molecule has 0 fully saturated rings. The van der Waals surface area contributed by atoms with Crippen LogP contribution in [-0.2, 0) is 20.0 Å². The molecule has 1 aromatic heterocycles. The molecule has 0 radical (unpaired) electrons. The van der Waals surface area contributed by atoms with Gasteiger partial charge in [0.2, 0.25) is 0 Å². The van der Waals surface area contributed by atoms with E-state index in [4.69, 9.17) is 21.3 Å². The van der Waals surface area contributed by atoms with Crippen LogP contribution in [0.5, 0.6) is 5.75 Å². The summed E-state index contributed by atoms with van der Waals surface area (Å²) in [6, 6.07) is 16.1. The fourth-order valence-electron chi connectivity index (χ4n) is 3.09. The maximum atomic E-state index is 6.38. The summed E-state index contributed by atoms with van der Waals surface area (Å²) in [5, 5.41) is 15.9. The topological polar surface area (TPSA) is 76.4 Å². The van der Waals surface area contributed by atoms with E-state index >= 15 is 0 Å². The van der Waals surface area contributed by atoms with Gasteiger partial charge in [0.25, 0.3) is 0 Å². The molecule has 0 saturated heterocycles. The smallest absolute Gasteiger partial charge is 0.192 e. The number of aliphatic imine (C=N–C) groups is 1. The highest BCUT2D eigenvalue weighted by molar-refractivity contribution is 6.31. The highest BCUT2D eigenvalue weighted by Gasteiger charge is 2.10. The van der Waals surface area contributed by atoms with Crippen molar-refractivity contribution in [2.24, 2.45) is 12.0 Å². The lowest BCUT2D eigenvalue weighted by Gasteiger charge is -2.19. The van der Waals surface area contributed by atoms with E-state index in [1.807, 2.05) is 54.9 Å². The van der Waals surface area contributed by atoms with Crippen molar-refractivity contribution in [1.29, 1.82) is 0 Å². The second kappa shape index (κ2) is 10.8. The van der Waals surface area contributed by atoms with Crippen molar-refractivity contribution < 1.29 is 4.74 Å². The van der Waals surface area contributed by atoms with E-state index in [-0.39, 0.29) is 6.04 Å². The predicted octanol–water partition coefficient (Wildman–Crippen LogP) is 3.82. The molecule has 0 spiro atoms. The minimum absolute atomic E-state index is 0.0956. The van der Waals surface area contributed by atoms with Gasteiger partial charge in [-0.25, -0.2) is 4.99 Å². The Hall–Kier alpha value is -3.06. The molecule has 31 heavy (non-hydrogen) atoms. The Kier molecular flexibility index (Phi) is 7.89. The normalized spacial score (nSPS) is 12.5. The van der Waals surface area contributed by atoms with Crippen molar-refractivity contribution in [3.05, 3.63) is 76.3 Å². The molecule has 0 aliphatic carbocycles. The Balaban J connectivity index is 1.68. The first-order valence-corrected chi connectivity index (χ1v) is 10.6. The molecule has 1 unspecified atom stereocenters. The highest BCUT2D eigenvalue weighted by Crippen LogP contribution is 2.22. The van der Waals surface area contributed by atoms with Crippen molar-refractivity contribution in [1.82, 2.24) is 25.4 Å². The summed E-state index contributed by atoms with van der Waals surface area (Å²) >= 11 is 6.38. The van der Waals surface area contributed by atoms with Gasteiger partial charge in [0.05, 0.1) is 13.2 Å². The second-order valence-corrected chi connectivity index (χ2v) is 7.71. The third-order valence-corrected chi connectivity index (χ3v) is 5.51. The number of guanidine groups is 1. The monoisotopic (exact) mass is 440 g/mol. The van der Waals surface area contributed by atoms with Crippen LogP contribution in [0.25, 0.3) is 0 Å². The summed E-state index contributed by atoms with van der Waals surface area (Å²) < 4.78 is 7.16. The fraction of sp³-hybridized carbons (Fsp3) is 0.348. The minimum atomic E-state index is 0.0956. The molecule has 2 N–H and O–H groups in total. The quantitative estimate of drug-likeness (QED) is 0.411. The summed E-state index contributed by atoms with van der Waals surface area (Å²) in [7, 11) is 3.58. The van der Waals surface area contributed by atoms with E-state index in [0.29, 0.717) is 24.1 Å². The van der Waals surface area contributed by atoms with Crippen molar-refractivity contribution in [2.75, 3.05) is 13.7 Å². The van der Waals surface area contributed by atoms with Gasteiger partial charge in [-0.1, -0.05) is 48.0 Å². The number of rotatable bonds is 8. The lowest BCUT2D eigenvalue weighted by molar-refractivity contribution is 0.414. The van der Waals surface area contributed by atoms with Crippen LogP contribution >= 0.6 is 11.6 Å². The van der Waals surface area contributed by atoms with Crippen molar-refractivity contribution in [3.63, 3.8) is 0 Å². The third-order valence-electron chi connectivity index (χ3n) is 5.16. The van der Waals surface area contributed by atoms with Crippen molar-refractivity contribution in [3.8, 4) is 5.75 Å². The van der Waals surface area contributed by atoms with Crippen LogP contribution in [0.15, 0.2) is 53.5 Å². The maximum absolute atomic E-state index is 6.38. The number of nitrogens with one attached hydrogen (secondary N) is 2. The third kappa shape index (κ3) is 6.21. The molecule has 0 aliphatic rings. The summed E-state index contributed by atoms with van der Waals surface area (Å²) in [4.78, 5) is 4.73. The molecule has 164 valence electrons. The first kappa shape index (κ1) is 22.6. The lowest BCUT2D eigenvalue weighted by atomic mass is 10.1. The number of hydrogen-bond donors (Lipinski definition) is 2. The SMILES string of the molecule is COc1ccc(CCNC(=NCc2nnc(C)n2C)NC(C)c2ccccc2)c(Cl)c1. The highest BCUT2D eigenvalue weighted by atomic mass is 35.5. The van der Waals surface area contributed by atoms with Crippen LogP contribution in [0.2, 0.25) is 5.02 Å². The molecule has 2 aromatic carbocycles. The molecule has 8 heteroatoms. The van der Waals surface area contributed by atoms with Gasteiger partial charge in [0.1, 0.15) is 18.1 Å². The summed E-state index contributed by atoms with van der Waals surface area (Å²) in [6.45, 7) is 5.14. The molecule has 0 amide bonds. The minimum Gasteiger partial charge on any atom is -0.497 e. The summed E-state index contributed by atoms with van der Waals surface area (Å²) in [5.41, 5.74) is 2.24. The van der Waals surface area contributed by atoms with Crippen LogP contribution in [0.4, 0.5) is 0 Å². The molecule has 1 heterocycles. The van der Waals surface area contributed by atoms with Gasteiger partial charge in [-0.15, -0.1) is 10.2 Å². The van der Waals surface area contributed by atoms with Gasteiger partial charge in [-0.05, 0) is 43.5 Å². The lowest BCUT2D eigenvalue weighted by Crippen LogP contribution is -2.39. The number of aromatic nitrogens is 3. The van der Waals surface area contributed by atoms with Crippen molar-refractivity contribution in [2.45, 2.75) is 32.9 Å². The Labute approximate surface area is 188 Å². The molecule has 0 bridgehead atoms. The molecular formula is C23H29ClN6O. The molecule has 0 aliphatic heterocycles. The molecule has 7 nitrogen and oxygen atoms in total. The van der Waals surface area contributed by atoms with Gasteiger partial charge >= 0.3 is 0 Å². The predicted molar refractivity (Wildman–Crippen MR) is 125 cm³/mol. The Morgan fingerprint density at radius 3 is 2.61 bits per heavy atom. The second-order valence-electron chi connectivity index (χ2n) is 7.30. The molecule has 0 saturated carbocycles. The van der Waals surface area contributed by atoms with E-state index in [1.54, 1.807) is 7.11 Å². The number of halogens is 1. The number of methoxy groups -OCH3 is 1. The zero-order chi connectivity index (χ0) is 22.2. The van der Waals surface area contributed by atoms with Crippen molar-refractivity contribution >= 4 is 17.6 Å². The number of ether oxygens (including phenoxy) is 1. The zero-order valence-corrected chi connectivity index (χ0v) is 19.1. The standard InChI is InChI=1S/C23H29ClN6O/c1-16(18-8-6-5-7-9-18)27-23(26-15-22-29-28-17(2)30(22)3)25-13-12-19-10-11-20(31-4)14-21(19)24/h5-11,14,16H,12-13,15H2,1-4H3,(H2,25,26,27). The van der Waals surface area contributed by atoms with E-state index in [9.17, 15) is 0 Å². The molecule has 3 aromatic rings. The number of aryl methyl sites for hydroxylation is 1. The van der Waals surface area contributed by atoms with E-state index in [1.165, 1.54) is 5.56 Å². The Bertz CT molecular complexity index is 1020. The average Bonchev–Trinajstić information content (AvgIpc) is 3.11. The zero-order valence-electron chi connectivity index (χ0n) is 18.4. The first-order chi connectivity index (χ1) is 15.0. The first-order valence-electron chi connectivity index (χ1n) is 10.2. The fourth-order valence-corrected chi connectivity index (χ4v) is 3.36. The van der Waals surface area contributed by atoms with Crippen LogP contribution < -0.4 is 15.4 Å². The van der Waals surface area contributed by atoms with Gasteiger partial charge in [0.15, 0.2) is 11.8 Å². The van der Waals surface area contributed by atoms with E-state index in [0.717, 1.165) is 29.4 Å². The number of hydrogen-bond acceptors (Lipinski definition) is 4. The van der Waals surface area contributed by atoms with Gasteiger partial charge in [0, 0.05) is 18.6 Å². The summed E-state index contributed by atoms with van der Waals surface area (Å²) in [6.07, 6.45) is 0.756. The van der Waals surface area contributed by atoms with Crippen LogP contribution in [0.3, 0.4) is 0 Å². The largest absolute Gasteiger partial charge is 0.497 e. The molecular weight excluding hydrogens is 412 g/mol. The van der Waals surface area contributed by atoms with Crippen LogP contribution in [0, 0.1) is 6.92 Å². The number of nitrogens with zero attached hydrogens (tertiary/aromatic N) is 4. The molecule has 3 rings (SSSR count). The molecule has 1 atom stereocenters. The van der Waals surface area contributed by atoms with Gasteiger partial charge in [-0.3, -0.25) is 0 Å². The summed E-state index contributed by atoms with van der Waals surface area (Å²) in [5.74, 6) is 3.13. The van der Waals surface area contributed by atoms with Crippen LogP contribution in [-0.4, -0.2) is 34.4 Å². The van der Waals surface area contributed by atoms with E-state index in [2.05, 4.69) is 39.9 Å². The maximum Gasteiger partial charge on any atom is 0.192 e. The van der Waals surface area contributed by atoms with Gasteiger partial charge in [-0.2, -0.15) is 0 Å². The number of benzene rings is 2. The Morgan fingerprint density at radius 1 is 1.19 bits per heavy atom.